The van der Waals surface area contributed by atoms with Crippen molar-refractivity contribution in [1.29, 1.82) is 0 Å². The molecule has 0 aromatic heterocycles. The van der Waals surface area contributed by atoms with Crippen LogP contribution in [0.5, 0.6) is 5.75 Å². The Balaban J connectivity index is 2.36. The fourth-order valence-corrected chi connectivity index (χ4v) is 2.11. The quantitative estimate of drug-likeness (QED) is 0.572. The van der Waals surface area contributed by atoms with Gasteiger partial charge in [-0.05, 0) is 17.7 Å². The maximum atomic E-state index is 11.9. The predicted molar refractivity (Wildman–Crippen MR) is 60.0 cm³/mol. The first-order valence-corrected chi connectivity index (χ1v) is 6.30. The first kappa shape index (κ1) is 16.0. The molecule has 0 fully saturated rings. The number of rotatable bonds is 5. The van der Waals surface area contributed by atoms with Crippen LogP contribution in [0.2, 0.25) is 0 Å². The van der Waals surface area contributed by atoms with Crippen molar-refractivity contribution in [2.45, 2.75) is 24.7 Å². The molecule has 0 aliphatic rings. The zero-order valence-electron chi connectivity index (χ0n) is 9.52. The van der Waals surface area contributed by atoms with E-state index >= 15 is 0 Å². The SMILES string of the molecule is FC(F)(F)CCSCc1ccc(OC(F)(F)F)cc1. The molecule has 8 heteroatoms. The van der Waals surface area contributed by atoms with E-state index in [0.717, 1.165) is 23.9 Å². The Morgan fingerprint density at radius 2 is 1.53 bits per heavy atom. The van der Waals surface area contributed by atoms with Crippen molar-refractivity contribution in [1.82, 2.24) is 0 Å². The molecule has 0 radical (unpaired) electrons. The van der Waals surface area contributed by atoms with E-state index in [-0.39, 0.29) is 11.5 Å². The fourth-order valence-electron chi connectivity index (χ4n) is 1.17. The molecule has 1 rings (SSSR count). The summed E-state index contributed by atoms with van der Waals surface area (Å²) < 4.78 is 74.8. The van der Waals surface area contributed by atoms with E-state index < -0.39 is 19.0 Å². The molecule has 0 atom stereocenters. The van der Waals surface area contributed by atoms with Crippen LogP contribution in [0.3, 0.4) is 0 Å². The summed E-state index contributed by atoms with van der Waals surface area (Å²) in [5.41, 5.74) is 0.640. The molecular weight excluding hydrogens is 294 g/mol. The van der Waals surface area contributed by atoms with Crippen LogP contribution in [0.4, 0.5) is 26.3 Å². The molecule has 0 unspecified atom stereocenters. The summed E-state index contributed by atoms with van der Waals surface area (Å²) in [6.45, 7) is 0. The van der Waals surface area contributed by atoms with E-state index in [4.69, 9.17) is 0 Å². The third-order valence-corrected chi connectivity index (χ3v) is 2.99. The molecule has 0 amide bonds. The van der Waals surface area contributed by atoms with E-state index in [9.17, 15) is 26.3 Å². The highest BCUT2D eigenvalue weighted by Gasteiger charge is 2.31. The minimum absolute atomic E-state index is 0.0791. The number of halogens is 6. The van der Waals surface area contributed by atoms with Gasteiger partial charge < -0.3 is 4.74 Å². The number of benzene rings is 1. The second-order valence-electron chi connectivity index (χ2n) is 3.61. The Bertz CT molecular complexity index is 384. The van der Waals surface area contributed by atoms with E-state index in [1.54, 1.807) is 0 Å². The number of hydrogen-bond donors (Lipinski definition) is 0. The Morgan fingerprint density at radius 3 is 2.00 bits per heavy atom. The Labute approximate surface area is 109 Å². The second-order valence-corrected chi connectivity index (χ2v) is 4.71. The molecule has 1 aromatic rings. The summed E-state index contributed by atoms with van der Waals surface area (Å²) in [6, 6.07) is 5.05. The molecule has 0 heterocycles. The number of alkyl halides is 6. The van der Waals surface area contributed by atoms with Crippen molar-refractivity contribution >= 4 is 11.8 Å². The molecule has 0 saturated carbocycles. The van der Waals surface area contributed by atoms with Crippen LogP contribution in [0.1, 0.15) is 12.0 Å². The predicted octanol–water partition coefficient (Wildman–Crippen LogP) is 4.77. The van der Waals surface area contributed by atoms with Crippen molar-refractivity contribution in [2.24, 2.45) is 0 Å². The van der Waals surface area contributed by atoms with E-state index in [1.807, 2.05) is 0 Å². The highest BCUT2D eigenvalue weighted by atomic mass is 32.2. The molecule has 0 aliphatic carbocycles. The summed E-state index contributed by atoms with van der Waals surface area (Å²) in [7, 11) is 0. The molecule has 0 bridgehead atoms. The Morgan fingerprint density at radius 1 is 0.947 bits per heavy atom. The van der Waals surface area contributed by atoms with Gasteiger partial charge in [0.05, 0.1) is 6.42 Å². The van der Waals surface area contributed by atoms with Gasteiger partial charge in [0.1, 0.15) is 5.75 Å². The second kappa shape index (κ2) is 6.40. The van der Waals surface area contributed by atoms with Gasteiger partial charge in [-0.25, -0.2) is 0 Å². The van der Waals surface area contributed by atoms with Gasteiger partial charge in [0.25, 0.3) is 0 Å². The summed E-state index contributed by atoms with van der Waals surface area (Å²) in [4.78, 5) is 0. The number of thioether (sulfide) groups is 1. The van der Waals surface area contributed by atoms with Gasteiger partial charge in [0, 0.05) is 11.5 Å². The average molecular weight is 304 g/mol. The number of ether oxygens (including phenoxy) is 1. The van der Waals surface area contributed by atoms with Crippen LogP contribution < -0.4 is 4.74 Å². The largest absolute Gasteiger partial charge is 0.573 e. The molecule has 108 valence electrons. The van der Waals surface area contributed by atoms with Crippen LogP contribution >= 0.6 is 11.8 Å². The lowest BCUT2D eigenvalue weighted by Gasteiger charge is -2.09. The zero-order chi connectivity index (χ0) is 14.5. The van der Waals surface area contributed by atoms with Gasteiger partial charge in [-0.15, -0.1) is 13.2 Å². The maximum Gasteiger partial charge on any atom is 0.573 e. The van der Waals surface area contributed by atoms with Gasteiger partial charge in [-0.2, -0.15) is 24.9 Å². The number of hydrogen-bond acceptors (Lipinski definition) is 2. The van der Waals surface area contributed by atoms with Crippen LogP contribution in [0.15, 0.2) is 24.3 Å². The molecule has 1 nitrogen and oxygen atoms in total. The zero-order valence-corrected chi connectivity index (χ0v) is 10.3. The standard InChI is InChI=1S/C11H10F6OS/c12-10(13,14)5-6-19-7-8-1-3-9(4-2-8)18-11(15,16)17/h1-4H,5-7H2. The van der Waals surface area contributed by atoms with Gasteiger partial charge in [0.2, 0.25) is 0 Å². The van der Waals surface area contributed by atoms with Gasteiger partial charge in [0.15, 0.2) is 0 Å². The monoisotopic (exact) mass is 304 g/mol. The molecule has 1 aromatic carbocycles. The fraction of sp³-hybridized carbons (Fsp3) is 0.455. The van der Waals surface area contributed by atoms with Crippen molar-refractivity contribution in [3.63, 3.8) is 0 Å². The normalized spacial score (nSPS) is 12.5. The van der Waals surface area contributed by atoms with Crippen LogP contribution in [-0.4, -0.2) is 18.3 Å². The molecule has 19 heavy (non-hydrogen) atoms. The van der Waals surface area contributed by atoms with E-state index in [1.165, 1.54) is 12.1 Å². The molecule has 0 N–H and O–H groups in total. The highest BCUT2D eigenvalue weighted by Crippen LogP contribution is 2.26. The third kappa shape index (κ3) is 7.86. The van der Waals surface area contributed by atoms with Crippen molar-refractivity contribution < 1.29 is 31.1 Å². The van der Waals surface area contributed by atoms with Gasteiger partial charge in [-0.3, -0.25) is 0 Å². The lowest BCUT2D eigenvalue weighted by Crippen LogP contribution is -2.16. The average Bonchev–Trinajstić information content (AvgIpc) is 2.23. The topological polar surface area (TPSA) is 9.23 Å². The molecule has 0 aliphatic heterocycles. The van der Waals surface area contributed by atoms with E-state index in [2.05, 4.69) is 4.74 Å². The minimum Gasteiger partial charge on any atom is -0.406 e. The van der Waals surface area contributed by atoms with Gasteiger partial charge >= 0.3 is 12.5 Å². The lowest BCUT2D eigenvalue weighted by molar-refractivity contribution is -0.274. The van der Waals surface area contributed by atoms with Gasteiger partial charge in [-0.1, -0.05) is 12.1 Å². The maximum absolute atomic E-state index is 11.9. The summed E-state index contributed by atoms with van der Waals surface area (Å²) >= 11 is 1.07. The van der Waals surface area contributed by atoms with Crippen molar-refractivity contribution in [3.8, 4) is 5.75 Å². The summed E-state index contributed by atoms with van der Waals surface area (Å²) in [6.07, 6.45) is -9.81. The summed E-state index contributed by atoms with van der Waals surface area (Å²) in [5.74, 6) is -0.122. The molecule has 0 saturated heterocycles. The first-order chi connectivity index (χ1) is 8.66. The first-order valence-electron chi connectivity index (χ1n) is 5.15. The van der Waals surface area contributed by atoms with Crippen LogP contribution in [0, 0.1) is 0 Å². The highest BCUT2D eigenvalue weighted by molar-refractivity contribution is 7.98. The molecule has 0 spiro atoms. The van der Waals surface area contributed by atoms with Crippen LogP contribution in [0.25, 0.3) is 0 Å². The van der Waals surface area contributed by atoms with E-state index in [0.29, 0.717) is 11.3 Å². The van der Waals surface area contributed by atoms with Crippen molar-refractivity contribution in [2.75, 3.05) is 5.75 Å². The third-order valence-electron chi connectivity index (χ3n) is 1.96. The smallest absolute Gasteiger partial charge is 0.406 e. The molecular formula is C11H10F6OS. The lowest BCUT2D eigenvalue weighted by atomic mass is 10.2. The summed E-state index contributed by atoms with van der Waals surface area (Å²) in [5, 5.41) is 0. The Kier molecular flexibility index (Phi) is 5.39. The minimum atomic E-state index is -4.75. The van der Waals surface area contributed by atoms with Crippen LogP contribution in [-0.2, 0) is 5.75 Å². The van der Waals surface area contributed by atoms with Crippen molar-refractivity contribution in [3.05, 3.63) is 29.8 Å². The Hall–Kier alpha value is -1.05.